The molecule has 112 valence electrons. The first-order valence-electron chi connectivity index (χ1n) is 7.64. The molecule has 0 saturated heterocycles. The average Bonchev–Trinajstić information content (AvgIpc) is 2.90. The Labute approximate surface area is 127 Å². The van der Waals surface area contributed by atoms with Crippen LogP contribution in [0.15, 0.2) is 24.3 Å². The lowest BCUT2D eigenvalue weighted by molar-refractivity contribution is -0.135. The van der Waals surface area contributed by atoms with Crippen molar-refractivity contribution in [2.75, 3.05) is 13.6 Å². The number of carbonyl (C=O) groups excluding carboxylic acids is 1. The van der Waals surface area contributed by atoms with Gasteiger partial charge in [0.1, 0.15) is 0 Å². The van der Waals surface area contributed by atoms with Gasteiger partial charge in [-0.1, -0.05) is 37.3 Å². The number of hydrogen-bond acceptors (Lipinski definition) is 2. The smallest absolute Gasteiger partial charge is 0.225 e. The van der Waals surface area contributed by atoms with E-state index in [4.69, 9.17) is 5.73 Å². The fourth-order valence-electron chi connectivity index (χ4n) is 3.05. The van der Waals surface area contributed by atoms with Gasteiger partial charge in [0.25, 0.3) is 0 Å². The average molecular weight is 284 g/mol. The van der Waals surface area contributed by atoms with Gasteiger partial charge in [0.2, 0.25) is 5.91 Å². The Hall–Kier alpha value is -1.79. The number of nitrogens with zero attached hydrogens (tertiary/aromatic N) is 1. The molecule has 1 aromatic carbocycles. The highest BCUT2D eigenvalue weighted by Crippen LogP contribution is 2.32. The van der Waals surface area contributed by atoms with Crippen molar-refractivity contribution in [3.8, 4) is 11.8 Å². The summed E-state index contributed by atoms with van der Waals surface area (Å²) in [6, 6.07) is 8.01. The molecule has 21 heavy (non-hydrogen) atoms. The van der Waals surface area contributed by atoms with E-state index >= 15 is 0 Å². The van der Waals surface area contributed by atoms with Crippen molar-refractivity contribution in [1.29, 1.82) is 0 Å². The molecule has 1 amide bonds. The molecule has 0 aliphatic heterocycles. The topological polar surface area (TPSA) is 46.3 Å². The molecule has 0 spiro atoms. The summed E-state index contributed by atoms with van der Waals surface area (Å²) in [5, 5.41) is 0. The third kappa shape index (κ3) is 4.09. The number of amides is 1. The molecular formula is C18H24N2O. The Morgan fingerprint density at radius 2 is 2.24 bits per heavy atom. The van der Waals surface area contributed by atoms with E-state index in [1.54, 1.807) is 0 Å². The number of carbonyl (C=O) groups is 1. The van der Waals surface area contributed by atoms with Crippen LogP contribution < -0.4 is 5.73 Å². The molecule has 1 saturated carbocycles. The predicted molar refractivity (Wildman–Crippen MR) is 85.4 cm³/mol. The molecule has 1 aliphatic rings. The molecule has 1 aliphatic carbocycles. The zero-order valence-electron chi connectivity index (χ0n) is 12.9. The summed E-state index contributed by atoms with van der Waals surface area (Å²) in [5.41, 5.74) is 7.45. The molecule has 2 N–H and O–H groups in total. The summed E-state index contributed by atoms with van der Waals surface area (Å²) < 4.78 is 0. The van der Waals surface area contributed by atoms with E-state index in [0.717, 1.165) is 17.5 Å². The van der Waals surface area contributed by atoms with Gasteiger partial charge in [-0.15, -0.1) is 0 Å². The lowest BCUT2D eigenvalue weighted by Gasteiger charge is -2.23. The minimum atomic E-state index is 0.204. The van der Waals surface area contributed by atoms with Gasteiger partial charge in [-0.25, -0.2) is 0 Å². The Bertz CT molecular complexity index is 556. The molecule has 1 fully saturated rings. The van der Waals surface area contributed by atoms with Gasteiger partial charge in [-0.3, -0.25) is 4.79 Å². The van der Waals surface area contributed by atoms with Crippen molar-refractivity contribution in [1.82, 2.24) is 4.90 Å². The molecule has 2 unspecified atom stereocenters. The highest BCUT2D eigenvalue weighted by molar-refractivity contribution is 5.79. The van der Waals surface area contributed by atoms with Gasteiger partial charge in [0, 0.05) is 25.1 Å². The fourth-order valence-corrected chi connectivity index (χ4v) is 3.05. The largest absolute Gasteiger partial charge is 0.341 e. The van der Waals surface area contributed by atoms with Crippen LogP contribution in [0.1, 0.15) is 37.3 Å². The molecule has 3 heteroatoms. The molecule has 1 aromatic rings. The predicted octanol–water partition coefficient (Wildman–Crippen LogP) is 2.39. The summed E-state index contributed by atoms with van der Waals surface area (Å²) >= 11 is 0. The lowest BCUT2D eigenvalue weighted by Crippen LogP contribution is -2.33. The van der Waals surface area contributed by atoms with E-state index in [9.17, 15) is 4.79 Å². The molecular weight excluding hydrogens is 260 g/mol. The number of benzene rings is 1. The first kappa shape index (κ1) is 15.6. The van der Waals surface area contributed by atoms with Gasteiger partial charge >= 0.3 is 0 Å². The second-order valence-corrected chi connectivity index (χ2v) is 5.92. The number of hydrogen-bond donors (Lipinski definition) is 1. The zero-order chi connectivity index (χ0) is 15.2. The first-order chi connectivity index (χ1) is 10.1. The van der Waals surface area contributed by atoms with E-state index in [1.807, 2.05) is 36.2 Å². The van der Waals surface area contributed by atoms with Crippen molar-refractivity contribution in [3.05, 3.63) is 35.4 Å². The van der Waals surface area contributed by atoms with E-state index in [0.29, 0.717) is 19.0 Å². The standard InChI is InChI=1S/C18H24N2O/c1-14-6-3-10-17(14)18(21)20(2)13-16-8-4-7-15(12-16)9-5-11-19/h4,7-8,12,14,17H,3,6,10-11,13,19H2,1-2H3. The summed E-state index contributed by atoms with van der Waals surface area (Å²) in [7, 11) is 1.89. The van der Waals surface area contributed by atoms with Gasteiger partial charge in [0.05, 0.1) is 6.54 Å². The van der Waals surface area contributed by atoms with Crippen LogP contribution in [0.3, 0.4) is 0 Å². The van der Waals surface area contributed by atoms with E-state index in [-0.39, 0.29) is 11.8 Å². The van der Waals surface area contributed by atoms with Crippen LogP contribution in [0, 0.1) is 23.7 Å². The van der Waals surface area contributed by atoms with Crippen LogP contribution in [0.2, 0.25) is 0 Å². The monoisotopic (exact) mass is 284 g/mol. The zero-order valence-corrected chi connectivity index (χ0v) is 12.9. The molecule has 2 rings (SSSR count). The number of rotatable bonds is 3. The Morgan fingerprint density at radius 1 is 1.43 bits per heavy atom. The Morgan fingerprint density at radius 3 is 2.90 bits per heavy atom. The third-order valence-electron chi connectivity index (χ3n) is 4.24. The van der Waals surface area contributed by atoms with Crippen molar-refractivity contribution < 1.29 is 4.79 Å². The second-order valence-electron chi connectivity index (χ2n) is 5.92. The maximum absolute atomic E-state index is 12.5. The van der Waals surface area contributed by atoms with Crippen molar-refractivity contribution in [2.24, 2.45) is 17.6 Å². The van der Waals surface area contributed by atoms with Crippen molar-refractivity contribution in [2.45, 2.75) is 32.7 Å². The minimum absolute atomic E-state index is 0.204. The highest BCUT2D eigenvalue weighted by atomic mass is 16.2. The van der Waals surface area contributed by atoms with Crippen molar-refractivity contribution >= 4 is 5.91 Å². The molecule has 2 atom stereocenters. The second kappa shape index (κ2) is 7.28. The van der Waals surface area contributed by atoms with Crippen LogP contribution in [0.25, 0.3) is 0 Å². The summed E-state index contributed by atoms with van der Waals surface area (Å²) in [6.45, 7) is 3.19. The van der Waals surface area contributed by atoms with E-state index in [2.05, 4.69) is 18.8 Å². The van der Waals surface area contributed by atoms with Crippen LogP contribution >= 0.6 is 0 Å². The molecule has 0 bridgehead atoms. The van der Waals surface area contributed by atoms with Crippen LogP contribution in [0.4, 0.5) is 0 Å². The first-order valence-corrected chi connectivity index (χ1v) is 7.64. The van der Waals surface area contributed by atoms with Crippen LogP contribution in [0.5, 0.6) is 0 Å². The maximum atomic E-state index is 12.5. The fraction of sp³-hybridized carbons (Fsp3) is 0.500. The summed E-state index contributed by atoms with van der Waals surface area (Å²) in [5.74, 6) is 6.88. The molecule has 0 radical (unpaired) electrons. The normalized spacial score (nSPS) is 20.7. The van der Waals surface area contributed by atoms with Gasteiger partial charge < -0.3 is 10.6 Å². The lowest BCUT2D eigenvalue weighted by atomic mass is 9.96. The van der Waals surface area contributed by atoms with E-state index < -0.39 is 0 Å². The Balaban J connectivity index is 2.02. The molecule has 0 aromatic heterocycles. The molecule has 3 nitrogen and oxygen atoms in total. The summed E-state index contributed by atoms with van der Waals surface area (Å²) in [6.07, 6.45) is 3.39. The van der Waals surface area contributed by atoms with Crippen LogP contribution in [-0.2, 0) is 11.3 Å². The number of nitrogens with two attached hydrogens (primary N) is 1. The quantitative estimate of drug-likeness (QED) is 0.866. The Kier molecular flexibility index (Phi) is 5.41. The molecule has 0 heterocycles. The van der Waals surface area contributed by atoms with Crippen molar-refractivity contribution in [3.63, 3.8) is 0 Å². The summed E-state index contributed by atoms with van der Waals surface area (Å²) in [4.78, 5) is 14.3. The minimum Gasteiger partial charge on any atom is -0.341 e. The third-order valence-corrected chi connectivity index (χ3v) is 4.24. The van der Waals surface area contributed by atoms with Gasteiger partial charge in [-0.2, -0.15) is 0 Å². The SMILES string of the molecule is CC1CCCC1C(=O)N(C)Cc1cccc(C#CCN)c1. The highest BCUT2D eigenvalue weighted by Gasteiger charge is 2.31. The van der Waals surface area contributed by atoms with Crippen LogP contribution in [-0.4, -0.2) is 24.4 Å². The van der Waals surface area contributed by atoms with Gasteiger partial charge in [-0.05, 0) is 36.5 Å². The maximum Gasteiger partial charge on any atom is 0.225 e. The van der Waals surface area contributed by atoms with E-state index in [1.165, 1.54) is 12.8 Å². The van der Waals surface area contributed by atoms with Gasteiger partial charge in [0.15, 0.2) is 0 Å².